The van der Waals surface area contributed by atoms with E-state index >= 15 is 0 Å². The Morgan fingerprint density at radius 2 is 1.84 bits per heavy atom. The van der Waals surface area contributed by atoms with Gasteiger partial charge in [-0.15, -0.1) is 5.10 Å². The molecule has 0 saturated carbocycles. The van der Waals surface area contributed by atoms with Crippen molar-refractivity contribution in [1.29, 1.82) is 5.26 Å². The summed E-state index contributed by atoms with van der Waals surface area (Å²) in [5, 5.41) is 27.7. The highest BCUT2D eigenvalue weighted by Gasteiger charge is 2.55. The largest absolute Gasteiger partial charge is 0.423 e. The highest BCUT2D eigenvalue weighted by Crippen LogP contribution is 2.40. The zero-order chi connectivity index (χ0) is 22.2. The molecule has 1 atom stereocenters. The molecule has 2 aromatic heterocycles. The average molecular weight is 425 g/mol. The third-order valence-electron chi connectivity index (χ3n) is 5.28. The van der Waals surface area contributed by atoms with Gasteiger partial charge in [0.1, 0.15) is 17.5 Å². The number of benzene rings is 2. The summed E-state index contributed by atoms with van der Waals surface area (Å²) in [5.41, 5.74) is -0.642. The minimum Gasteiger partial charge on any atom is -0.375 e. The number of nitrogens with zero attached hydrogens (tertiary/aromatic N) is 5. The number of aromatic nitrogens is 4. The van der Waals surface area contributed by atoms with E-state index in [2.05, 4.69) is 16.4 Å². The van der Waals surface area contributed by atoms with E-state index in [0.29, 0.717) is 5.69 Å². The van der Waals surface area contributed by atoms with Gasteiger partial charge in [-0.3, -0.25) is 0 Å². The molecule has 0 fully saturated rings. The normalized spacial score (nSPS) is 13.8. The maximum atomic E-state index is 13.3. The Morgan fingerprint density at radius 1 is 1.10 bits per heavy atom. The smallest absolute Gasteiger partial charge is 0.375 e. The first-order valence-electron chi connectivity index (χ1n) is 9.56. The molecule has 4 rings (SSSR count). The molecule has 31 heavy (non-hydrogen) atoms. The Hall–Kier alpha value is -3.64. The lowest BCUT2D eigenvalue weighted by Crippen LogP contribution is -2.42. The van der Waals surface area contributed by atoms with Crippen LogP contribution in [0.2, 0.25) is 0 Å². The molecular weight excluding hydrogens is 407 g/mol. The van der Waals surface area contributed by atoms with Gasteiger partial charge < -0.3 is 9.67 Å². The Bertz CT molecular complexity index is 1270. The summed E-state index contributed by atoms with van der Waals surface area (Å²) in [6, 6.07) is 19.0. The van der Waals surface area contributed by atoms with E-state index in [4.69, 9.17) is 0 Å². The second kappa shape index (κ2) is 7.56. The molecule has 9 heteroatoms. The number of hydrogen-bond acceptors (Lipinski definition) is 4. The molecule has 0 radical (unpaired) electrons. The summed E-state index contributed by atoms with van der Waals surface area (Å²) in [4.78, 5) is 0. The van der Waals surface area contributed by atoms with Gasteiger partial charge >= 0.3 is 6.18 Å². The number of para-hydroxylation sites is 1. The van der Waals surface area contributed by atoms with Crippen molar-refractivity contribution >= 4 is 10.9 Å². The van der Waals surface area contributed by atoms with Crippen molar-refractivity contribution in [3.05, 3.63) is 77.7 Å². The minimum absolute atomic E-state index is 0.166. The molecule has 2 heterocycles. The average Bonchev–Trinajstić information content (AvgIpc) is 3.37. The fourth-order valence-electron chi connectivity index (χ4n) is 3.58. The monoisotopic (exact) mass is 425 g/mol. The van der Waals surface area contributed by atoms with Crippen molar-refractivity contribution < 1.29 is 18.3 Å². The zero-order valence-corrected chi connectivity index (χ0v) is 16.5. The first kappa shape index (κ1) is 20.6. The van der Waals surface area contributed by atoms with E-state index in [1.54, 1.807) is 6.07 Å². The van der Waals surface area contributed by atoms with Crippen molar-refractivity contribution in [2.24, 2.45) is 0 Å². The molecule has 0 amide bonds. The van der Waals surface area contributed by atoms with Crippen molar-refractivity contribution in [2.75, 3.05) is 0 Å². The van der Waals surface area contributed by atoms with Gasteiger partial charge in [0, 0.05) is 11.1 Å². The number of fused-ring (bicyclic) bond motifs is 1. The van der Waals surface area contributed by atoms with Crippen LogP contribution in [-0.2, 0) is 12.1 Å². The van der Waals surface area contributed by atoms with Crippen LogP contribution in [0.15, 0.2) is 60.8 Å². The highest BCUT2D eigenvalue weighted by molar-refractivity contribution is 5.85. The third kappa shape index (κ3) is 3.55. The highest BCUT2D eigenvalue weighted by atomic mass is 19.4. The van der Waals surface area contributed by atoms with Crippen molar-refractivity contribution in [1.82, 2.24) is 19.6 Å². The standard InChI is InChI=1S/C22H18F3N5O/c1-2-21(31,22(23,24)25)20-14-29(28-27-20)13-15-8-9-19-16(10-15)11-18(12-26)30(19)17-6-4-3-5-7-17/h3-11,14,31H,2,13H2,1H3. The molecule has 0 aliphatic heterocycles. The molecule has 6 nitrogen and oxygen atoms in total. The van der Waals surface area contributed by atoms with Crippen molar-refractivity contribution in [3.63, 3.8) is 0 Å². The van der Waals surface area contributed by atoms with Crippen molar-refractivity contribution in [3.8, 4) is 11.8 Å². The lowest BCUT2D eigenvalue weighted by Gasteiger charge is -2.26. The Morgan fingerprint density at radius 3 is 2.48 bits per heavy atom. The third-order valence-corrected chi connectivity index (χ3v) is 5.28. The van der Waals surface area contributed by atoms with E-state index in [0.717, 1.165) is 28.4 Å². The van der Waals surface area contributed by atoms with Crippen LogP contribution in [0.25, 0.3) is 16.6 Å². The summed E-state index contributed by atoms with van der Waals surface area (Å²) in [7, 11) is 0. The predicted molar refractivity (Wildman–Crippen MR) is 107 cm³/mol. The van der Waals surface area contributed by atoms with Gasteiger partial charge in [0.2, 0.25) is 5.60 Å². The van der Waals surface area contributed by atoms with Crippen LogP contribution in [-0.4, -0.2) is 30.8 Å². The quantitative estimate of drug-likeness (QED) is 0.517. The van der Waals surface area contributed by atoms with Gasteiger partial charge in [0.25, 0.3) is 0 Å². The second-order valence-corrected chi connectivity index (χ2v) is 7.22. The molecule has 0 aliphatic rings. The van der Waals surface area contributed by atoms with E-state index in [-0.39, 0.29) is 6.54 Å². The van der Waals surface area contributed by atoms with Gasteiger partial charge in [-0.05, 0) is 42.3 Å². The van der Waals surface area contributed by atoms with Crippen molar-refractivity contribution in [2.45, 2.75) is 31.7 Å². The molecule has 4 aromatic rings. The van der Waals surface area contributed by atoms with E-state index in [9.17, 15) is 23.5 Å². The number of nitriles is 1. The number of hydrogen-bond donors (Lipinski definition) is 1. The fourth-order valence-corrected chi connectivity index (χ4v) is 3.58. The fraction of sp³-hybridized carbons (Fsp3) is 0.227. The topological polar surface area (TPSA) is 79.7 Å². The van der Waals surface area contributed by atoms with Crippen LogP contribution >= 0.6 is 0 Å². The van der Waals surface area contributed by atoms with Gasteiger partial charge in [0.15, 0.2) is 0 Å². The van der Waals surface area contributed by atoms with Crippen LogP contribution in [0.3, 0.4) is 0 Å². The van der Waals surface area contributed by atoms with Crippen LogP contribution in [0.5, 0.6) is 0 Å². The summed E-state index contributed by atoms with van der Waals surface area (Å²) in [5.74, 6) is 0. The van der Waals surface area contributed by atoms with Gasteiger partial charge in [0.05, 0.1) is 18.3 Å². The molecule has 2 aromatic carbocycles. The Balaban J connectivity index is 1.67. The maximum Gasteiger partial charge on any atom is 0.423 e. The lowest BCUT2D eigenvalue weighted by molar-refractivity contribution is -0.269. The number of halogens is 3. The lowest BCUT2D eigenvalue weighted by atomic mass is 9.96. The molecule has 158 valence electrons. The van der Waals surface area contributed by atoms with E-state index < -0.39 is 23.9 Å². The molecule has 0 bridgehead atoms. The molecular formula is C22H18F3N5O. The van der Waals surface area contributed by atoms with Crippen LogP contribution in [0, 0.1) is 11.3 Å². The van der Waals surface area contributed by atoms with Gasteiger partial charge in [-0.1, -0.05) is 36.4 Å². The van der Waals surface area contributed by atoms with Crippen LogP contribution in [0.1, 0.15) is 30.3 Å². The number of aliphatic hydroxyl groups is 1. The molecule has 1 unspecified atom stereocenters. The first-order chi connectivity index (χ1) is 14.8. The van der Waals surface area contributed by atoms with E-state index in [1.807, 2.05) is 53.1 Å². The Kier molecular flexibility index (Phi) is 5.03. The number of rotatable bonds is 5. The zero-order valence-electron chi connectivity index (χ0n) is 16.5. The molecule has 0 spiro atoms. The van der Waals surface area contributed by atoms with Crippen LogP contribution in [0.4, 0.5) is 13.2 Å². The van der Waals surface area contributed by atoms with Crippen LogP contribution < -0.4 is 0 Å². The number of alkyl halides is 3. The van der Waals surface area contributed by atoms with Gasteiger partial charge in [-0.2, -0.15) is 18.4 Å². The summed E-state index contributed by atoms with van der Waals surface area (Å²) in [6.45, 7) is 1.41. The molecule has 0 aliphatic carbocycles. The summed E-state index contributed by atoms with van der Waals surface area (Å²) < 4.78 is 42.9. The summed E-state index contributed by atoms with van der Waals surface area (Å²) in [6.07, 6.45) is -4.31. The Labute approximate surface area is 175 Å². The molecule has 0 saturated heterocycles. The molecule has 1 N–H and O–H groups in total. The first-order valence-corrected chi connectivity index (χ1v) is 9.56. The predicted octanol–water partition coefficient (Wildman–Crippen LogP) is 4.30. The van der Waals surface area contributed by atoms with E-state index in [1.165, 1.54) is 11.6 Å². The second-order valence-electron chi connectivity index (χ2n) is 7.22. The SMILES string of the molecule is CCC(O)(c1cn(Cc2ccc3c(c2)cc(C#N)n3-c2ccccc2)nn1)C(F)(F)F. The minimum atomic E-state index is -4.85. The van der Waals surface area contributed by atoms with Gasteiger partial charge in [-0.25, -0.2) is 4.68 Å². The summed E-state index contributed by atoms with van der Waals surface area (Å²) >= 11 is 0. The maximum absolute atomic E-state index is 13.3.